The highest BCUT2D eigenvalue weighted by Gasteiger charge is 2.33. The number of esters is 1. The van der Waals surface area contributed by atoms with E-state index < -0.39 is 0 Å². The molecule has 21 heavy (non-hydrogen) atoms. The molecule has 0 saturated carbocycles. The zero-order chi connectivity index (χ0) is 15.0. The first-order chi connectivity index (χ1) is 10.1. The number of carbonyl (C=O) groups is 1. The van der Waals surface area contributed by atoms with Gasteiger partial charge in [-0.05, 0) is 74.5 Å². The Hall–Kier alpha value is -0.870. The van der Waals surface area contributed by atoms with Crippen LogP contribution in [0.5, 0.6) is 0 Å². The fourth-order valence-electron chi connectivity index (χ4n) is 3.92. The number of benzene rings is 1. The number of carbonyl (C=O) groups excluding carboxylic acids is 1. The van der Waals surface area contributed by atoms with Crippen LogP contribution in [0.15, 0.2) is 16.6 Å². The van der Waals surface area contributed by atoms with Gasteiger partial charge in [-0.15, -0.1) is 0 Å². The van der Waals surface area contributed by atoms with Crippen molar-refractivity contribution in [3.05, 3.63) is 33.3 Å². The summed E-state index contributed by atoms with van der Waals surface area (Å²) in [7, 11) is 1.49. The third-order valence-electron chi connectivity index (χ3n) is 4.96. The van der Waals surface area contributed by atoms with E-state index in [1.54, 1.807) is 0 Å². The molecule has 0 bridgehead atoms. The van der Waals surface area contributed by atoms with E-state index in [-0.39, 0.29) is 11.9 Å². The topological polar surface area (TPSA) is 29.5 Å². The van der Waals surface area contributed by atoms with Gasteiger partial charge in [0.15, 0.2) is 0 Å². The van der Waals surface area contributed by atoms with E-state index in [0.717, 1.165) is 32.4 Å². The number of fused-ring (bicyclic) bond motifs is 1. The maximum Gasteiger partial charge on any atom is 0.308 e. The zero-order valence-electron chi connectivity index (χ0n) is 12.7. The van der Waals surface area contributed by atoms with E-state index in [0.29, 0.717) is 6.04 Å². The van der Waals surface area contributed by atoms with Gasteiger partial charge in [-0.3, -0.25) is 9.69 Å². The number of hydrogen-bond acceptors (Lipinski definition) is 3. The maximum absolute atomic E-state index is 11.6. The molecule has 0 radical (unpaired) electrons. The number of piperidine rings is 1. The molecule has 1 saturated heterocycles. The van der Waals surface area contributed by atoms with Gasteiger partial charge in [0.1, 0.15) is 0 Å². The third-order valence-corrected chi connectivity index (χ3v) is 5.42. The fraction of sp³-hybridized carbons (Fsp3) is 0.588. The molecule has 114 valence electrons. The standard InChI is InChI=1S/C17H22BrNO2/c1-11-9-14(18)10-13-3-4-15(16(11)13)19-7-5-12(6-8-19)17(20)21-2/h9-10,12,15H,3-8H2,1-2H3. The molecule has 1 fully saturated rings. The molecule has 3 rings (SSSR count). The quantitative estimate of drug-likeness (QED) is 0.762. The highest BCUT2D eigenvalue weighted by molar-refractivity contribution is 9.10. The lowest BCUT2D eigenvalue weighted by molar-refractivity contribution is -0.147. The Morgan fingerprint density at radius 2 is 2.00 bits per heavy atom. The second-order valence-corrected chi connectivity index (χ2v) is 7.10. The van der Waals surface area contributed by atoms with Crippen LogP contribution < -0.4 is 0 Å². The van der Waals surface area contributed by atoms with Gasteiger partial charge in [0, 0.05) is 10.5 Å². The number of rotatable bonds is 2. The van der Waals surface area contributed by atoms with Crippen molar-refractivity contribution in [2.24, 2.45) is 5.92 Å². The van der Waals surface area contributed by atoms with Crippen molar-refractivity contribution in [3.63, 3.8) is 0 Å². The second-order valence-electron chi connectivity index (χ2n) is 6.18. The molecule has 0 N–H and O–H groups in total. The number of hydrogen-bond donors (Lipinski definition) is 0. The molecule has 1 atom stereocenters. The summed E-state index contributed by atoms with van der Waals surface area (Å²) in [6.45, 7) is 4.21. The summed E-state index contributed by atoms with van der Waals surface area (Å²) >= 11 is 3.60. The number of ether oxygens (including phenoxy) is 1. The summed E-state index contributed by atoms with van der Waals surface area (Å²) in [5.74, 6) is 0.0553. The van der Waals surface area contributed by atoms with E-state index in [9.17, 15) is 4.79 Å². The molecule has 0 spiro atoms. The molecule has 2 aliphatic rings. The van der Waals surface area contributed by atoms with Gasteiger partial charge in [-0.2, -0.15) is 0 Å². The predicted octanol–water partition coefficient (Wildman–Crippen LogP) is 3.63. The molecule has 3 nitrogen and oxygen atoms in total. The Morgan fingerprint density at radius 3 is 2.67 bits per heavy atom. The number of nitrogens with zero attached hydrogens (tertiary/aromatic N) is 1. The lowest BCUT2D eigenvalue weighted by atomic mass is 9.93. The summed E-state index contributed by atoms with van der Waals surface area (Å²) in [5, 5.41) is 0. The number of aryl methyl sites for hydroxylation is 2. The summed E-state index contributed by atoms with van der Waals surface area (Å²) < 4.78 is 6.06. The van der Waals surface area contributed by atoms with E-state index in [2.05, 4.69) is 39.9 Å². The first-order valence-corrected chi connectivity index (χ1v) is 8.50. The van der Waals surface area contributed by atoms with Crippen LogP contribution in [-0.4, -0.2) is 31.1 Å². The van der Waals surface area contributed by atoms with Crippen LogP contribution in [0.2, 0.25) is 0 Å². The van der Waals surface area contributed by atoms with Gasteiger partial charge in [0.05, 0.1) is 13.0 Å². The summed E-state index contributed by atoms with van der Waals surface area (Å²) in [5.41, 5.74) is 4.40. The normalized spacial score (nSPS) is 23.1. The predicted molar refractivity (Wildman–Crippen MR) is 86.3 cm³/mol. The van der Waals surface area contributed by atoms with Crippen molar-refractivity contribution >= 4 is 21.9 Å². The van der Waals surface area contributed by atoms with Crippen molar-refractivity contribution < 1.29 is 9.53 Å². The van der Waals surface area contributed by atoms with E-state index in [1.807, 2.05) is 0 Å². The minimum Gasteiger partial charge on any atom is -0.469 e. The monoisotopic (exact) mass is 351 g/mol. The minimum atomic E-state index is -0.0402. The molecular formula is C17H22BrNO2. The number of halogens is 1. The van der Waals surface area contributed by atoms with E-state index in [4.69, 9.17) is 4.74 Å². The van der Waals surface area contributed by atoms with Crippen LogP contribution in [0.1, 0.15) is 42.0 Å². The highest BCUT2D eigenvalue weighted by Crippen LogP contribution is 2.40. The van der Waals surface area contributed by atoms with Crippen LogP contribution >= 0.6 is 15.9 Å². The first-order valence-electron chi connectivity index (χ1n) is 7.71. The fourth-order valence-corrected chi connectivity index (χ4v) is 4.54. The molecule has 0 amide bonds. The minimum absolute atomic E-state index is 0.0402. The molecule has 1 unspecified atom stereocenters. The van der Waals surface area contributed by atoms with Gasteiger partial charge >= 0.3 is 5.97 Å². The molecule has 1 aromatic carbocycles. The maximum atomic E-state index is 11.6. The van der Waals surface area contributed by atoms with E-state index in [1.165, 1.54) is 34.7 Å². The van der Waals surface area contributed by atoms with Gasteiger partial charge in [0.25, 0.3) is 0 Å². The average Bonchev–Trinajstić information content (AvgIpc) is 2.90. The van der Waals surface area contributed by atoms with Crippen LogP contribution in [0.4, 0.5) is 0 Å². The SMILES string of the molecule is COC(=O)C1CCN(C2CCc3cc(Br)cc(C)c32)CC1. The molecule has 1 aliphatic carbocycles. The first kappa shape index (κ1) is 15.0. The Kier molecular flexibility index (Phi) is 4.36. The summed E-state index contributed by atoms with van der Waals surface area (Å²) in [4.78, 5) is 14.2. The zero-order valence-corrected chi connectivity index (χ0v) is 14.3. The Morgan fingerprint density at radius 1 is 1.29 bits per heavy atom. The average molecular weight is 352 g/mol. The second kappa shape index (κ2) is 6.09. The van der Waals surface area contributed by atoms with Gasteiger partial charge < -0.3 is 4.74 Å². The lowest BCUT2D eigenvalue weighted by Crippen LogP contribution is -2.38. The summed E-state index contributed by atoms with van der Waals surface area (Å²) in [6, 6.07) is 5.02. The van der Waals surface area contributed by atoms with Gasteiger partial charge in [-0.1, -0.05) is 15.9 Å². The van der Waals surface area contributed by atoms with Crippen LogP contribution in [0, 0.1) is 12.8 Å². The smallest absolute Gasteiger partial charge is 0.308 e. The summed E-state index contributed by atoms with van der Waals surface area (Å²) in [6.07, 6.45) is 4.22. The van der Waals surface area contributed by atoms with Crippen molar-refractivity contribution in [1.29, 1.82) is 0 Å². The molecule has 1 aliphatic heterocycles. The van der Waals surface area contributed by atoms with Crippen molar-refractivity contribution in [2.45, 2.75) is 38.6 Å². The Balaban J connectivity index is 1.73. The lowest BCUT2D eigenvalue weighted by Gasteiger charge is -2.36. The molecule has 1 aromatic rings. The van der Waals surface area contributed by atoms with Crippen molar-refractivity contribution in [3.8, 4) is 0 Å². The van der Waals surface area contributed by atoms with Crippen molar-refractivity contribution in [1.82, 2.24) is 4.90 Å². The third kappa shape index (κ3) is 2.88. The van der Waals surface area contributed by atoms with Crippen molar-refractivity contribution in [2.75, 3.05) is 20.2 Å². The number of likely N-dealkylation sites (tertiary alicyclic amines) is 1. The van der Waals surface area contributed by atoms with Crippen LogP contribution in [-0.2, 0) is 16.0 Å². The van der Waals surface area contributed by atoms with Gasteiger partial charge in [0.2, 0.25) is 0 Å². The van der Waals surface area contributed by atoms with Crippen LogP contribution in [0.3, 0.4) is 0 Å². The molecule has 4 heteroatoms. The Bertz CT molecular complexity index is 550. The highest BCUT2D eigenvalue weighted by atomic mass is 79.9. The molecular weight excluding hydrogens is 330 g/mol. The largest absolute Gasteiger partial charge is 0.469 e. The molecule has 1 heterocycles. The number of methoxy groups -OCH3 is 1. The Labute approximate surface area is 134 Å². The van der Waals surface area contributed by atoms with E-state index >= 15 is 0 Å². The van der Waals surface area contributed by atoms with Crippen LogP contribution in [0.25, 0.3) is 0 Å². The van der Waals surface area contributed by atoms with Gasteiger partial charge in [-0.25, -0.2) is 0 Å². The molecule has 0 aromatic heterocycles.